The van der Waals surface area contributed by atoms with Crippen LogP contribution in [0.25, 0.3) is 0 Å². The summed E-state index contributed by atoms with van der Waals surface area (Å²) in [6.45, 7) is 8.33. The van der Waals surface area contributed by atoms with Gasteiger partial charge in [-0.2, -0.15) is 0 Å². The highest BCUT2D eigenvalue weighted by molar-refractivity contribution is 9.10. The molecule has 18 heavy (non-hydrogen) atoms. The molecule has 0 spiro atoms. The van der Waals surface area contributed by atoms with E-state index in [9.17, 15) is 0 Å². The first-order chi connectivity index (χ1) is 8.46. The molecule has 0 saturated heterocycles. The minimum Gasteiger partial charge on any atom is -0.493 e. The second-order valence-corrected chi connectivity index (χ2v) is 6.93. The number of benzene rings is 1. The van der Waals surface area contributed by atoms with E-state index in [1.165, 1.54) is 18.4 Å². The van der Waals surface area contributed by atoms with Crippen LogP contribution in [0, 0.1) is 12.3 Å². The summed E-state index contributed by atoms with van der Waals surface area (Å²) >= 11 is 3.48. The third-order valence-electron chi connectivity index (χ3n) is 3.22. The van der Waals surface area contributed by atoms with E-state index >= 15 is 0 Å². The summed E-state index contributed by atoms with van der Waals surface area (Å²) in [7, 11) is 0. The van der Waals surface area contributed by atoms with E-state index in [1.807, 2.05) is 12.1 Å². The Kier molecular flexibility index (Phi) is 4.33. The normalized spacial score (nSPS) is 15.8. The topological polar surface area (TPSA) is 21.3 Å². The van der Waals surface area contributed by atoms with Crippen LogP contribution in [0.1, 0.15) is 32.3 Å². The fourth-order valence-corrected chi connectivity index (χ4v) is 2.10. The van der Waals surface area contributed by atoms with Crippen LogP contribution in [0.2, 0.25) is 0 Å². The smallest absolute Gasteiger partial charge is 0.123 e. The van der Waals surface area contributed by atoms with Crippen LogP contribution in [0.4, 0.5) is 0 Å². The molecule has 0 amide bonds. The molecule has 0 unspecified atom stereocenters. The van der Waals surface area contributed by atoms with Gasteiger partial charge in [-0.05, 0) is 37.5 Å². The SMILES string of the molecule is Cc1ccc(Br)cc1OCC(C)(C)CNC1CC1. The van der Waals surface area contributed by atoms with E-state index in [0.29, 0.717) is 0 Å². The first-order valence-electron chi connectivity index (χ1n) is 6.59. The van der Waals surface area contributed by atoms with Crippen molar-refractivity contribution in [2.24, 2.45) is 5.41 Å². The van der Waals surface area contributed by atoms with Crippen molar-refractivity contribution in [2.75, 3.05) is 13.2 Å². The van der Waals surface area contributed by atoms with Crippen LogP contribution in [-0.4, -0.2) is 19.2 Å². The van der Waals surface area contributed by atoms with Crippen molar-refractivity contribution >= 4 is 15.9 Å². The van der Waals surface area contributed by atoms with Crippen LogP contribution in [0.15, 0.2) is 22.7 Å². The Morgan fingerprint density at radius 2 is 2.11 bits per heavy atom. The van der Waals surface area contributed by atoms with E-state index in [0.717, 1.165) is 29.4 Å². The first-order valence-corrected chi connectivity index (χ1v) is 7.38. The highest BCUT2D eigenvalue weighted by Crippen LogP contribution is 2.26. The Labute approximate surface area is 118 Å². The molecule has 1 aromatic rings. The maximum atomic E-state index is 5.97. The van der Waals surface area contributed by atoms with Crippen LogP contribution < -0.4 is 10.1 Å². The van der Waals surface area contributed by atoms with E-state index < -0.39 is 0 Å². The molecule has 3 heteroatoms. The third-order valence-corrected chi connectivity index (χ3v) is 3.71. The molecule has 0 atom stereocenters. The zero-order valence-corrected chi connectivity index (χ0v) is 13.0. The van der Waals surface area contributed by atoms with Crippen molar-refractivity contribution in [3.05, 3.63) is 28.2 Å². The minimum atomic E-state index is 0.164. The Bertz CT molecular complexity index is 413. The van der Waals surface area contributed by atoms with Crippen molar-refractivity contribution in [2.45, 2.75) is 39.7 Å². The van der Waals surface area contributed by atoms with Gasteiger partial charge in [-0.15, -0.1) is 0 Å². The molecule has 1 aromatic carbocycles. The maximum Gasteiger partial charge on any atom is 0.123 e. The Morgan fingerprint density at radius 1 is 1.39 bits per heavy atom. The molecule has 2 rings (SSSR count). The summed E-state index contributed by atoms with van der Waals surface area (Å²) in [4.78, 5) is 0. The Morgan fingerprint density at radius 3 is 2.78 bits per heavy atom. The van der Waals surface area contributed by atoms with Crippen molar-refractivity contribution < 1.29 is 4.74 Å². The van der Waals surface area contributed by atoms with Crippen LogP contribution in [0.3, 0.4) is 0 Å². The minimum absolute atomic E-state index is 0.164. The molecular formula is C15H22BrNO. The lowest BCUT2D eigenvalue weighted by Crippen LogP contribution is -2.35. The lowest BCUT2D eigenvalue weighted by Gasteiger charge is -2.25. The number of hydrogen-bond donors (Lipinski definition) is 1. The van der Waals surface area contributed by atoms with Crippen molar-refractivity contribution in [1.29, 1.82) is 0 Å². The summed E-state index contributed by atoms with van der Waals surface area (Å²) in [6.07, 6.45) is 2.67. The van der Waals surface area contributed by atoms with Gasteiger partial charge in [0.25, 0.3) is 0 Å². The zero-order valence-electron chi connectivity index (χ0n) is 11.4. The average molecular weight is 312 g/mol. The van der Waals surface area contributed by atoms with Gasteiger partial charge >= 0.3 is 0 Å². The molecule has 0 aliphatic heterocycles. The van der Waals surface area contributed by atoms with Gasteiger partial charge in [0.05, 0.1) is 6.61 Å². The molecule has 0 bridgehead atoms. The first kappa shape index (κ1) is 13.9. The van der Waals surface area contributed by atoms with Crippen LogP contribution in [-0.2, 0) is 0 Å². The van der Waals surface area contributed by atoms with Gasteiger partial charge in [-0.3, -0.25) is 0 Å². The summed E-state index contributed by atoms with van der Waals surface area (Å²) < 4.78 is 7.03. The molecular weight excluding hydrogens is 290 g/mol. The number of ether oxygens (including phenoxy) is 1. The summed E-state index contributed by atoms with van der Waals surface area (Å²) in [5.74, 6) is 0.976. The summed E-state index contributed by atoms with van der Waals surface area (Å²) in [6, 6.07) is 6.92. The van der Waals surface area contributed by atoms with Gasteiger partial charge in [-0.1, -0.05) is 35.8 Å². The van der Waals surface area contributed by atoms with Gasteiger partial charge < -0.3 is 10.1 Å². The molecule has 0 aromatic heterocycles. The van der Waals surface area contributed by atoms with Gasteiger partial charge in [0.1, 0.15) is 5.75 Å². The quantitative estimate of drug-likeness (QED) is 0.860. The van der Waals surface area contributed by atoms with Gasteiger partial charge in [0, 0.05) is 22.5 Å². The molecule has 1 aliphatic rings. The lowest BCUT2D eigenvalue weighted by molar-refractivity contribution is 0.175. The molecule has 1 N–H and O–H groups in total. The predicted octanol–water partition coefficient (Wildman–Crippen LogP) is 3.91. The Hall–Kier alpha value is -0.540. The molecule has 1 fully saturated rings. The van der Waals surface area contributed by atoms with Gasteiger partial charge in [0.15, 0.2) is 0 Å². The standard InChI is InChI=1S/C15H22BrNO/c1-11-4-5-12(16)8-14(11)18-10-15(2,3)9-17-13-6-7-13/h4-5,8,13,17H,6-7,9-10H2,1-3H3. The second kappa shape index (κ2) is 5.62. The van der Waals surface area contributed by atoms with E-state index in [-0.39, 0.29) is 5.41 Å². The summed E-state index contributed by atoms with van der Waals surface area (Å²) in [5, 5.41) is 3.57. The van der Waals surface area contributed by atoms with E-state index in [4.69, 9.17) is 4.74 Å². The third kappa shape index (κ3) is 4.29. The van der Waals surface area contributed by atoms with Gasteiger partial charge in [-0.25, -0.2) is 0 Å². The summed E-state index contributed by atoms with van der Waals surface area (Å²) in [5.41, 5.74) is 1.35. The highest BCUT2D eigenvalue weighted by Gasteiger charge is 2.25. The lowest BCUT2D eigenvalue weighted by atomic mass is 9.95. The van der Waals surface area contributed by atoms with E-state index in [1.54, 1.807) is 0 Å². The predicted molar refractivity (Wildman–Crippen MR) is 79.2 cm³/mol. The molecule has 0 radical (unpaired) electrons. The molecule has 100 valence electrons. The van der Waals surface area contributed by atoms with Crippen molar-refractivity contribution in [3.63, 3.8) is 0 Å². The number of aryl methyl sites for hydroxylation is 1. The maximum absolute atomic E-state index is 5.97. The van der Waals surface area contributed by atoms with Crippen molar-refractivity contribution in [1.82, 2.24) is 5.32 Å². The number of rotatable bonds is 6. The molecule has 0 heterocycles. The number of halogens is 1. The monoisotopic (exact) mass is 311 g/mol. The second-order valence-electron chi connectivity index (χ2n) is 6.02. The largest absolute Gasteiger partial charge is 0.493 e. The average Bonchev–Trinajstić information content (AvgIpc) is 3.12. The zero-order chi connectivity index (χ0) is 13.2. The van der Waals surface area contributed by atoms with Crippen molar-refractivity contribution in [3.8, 4) is 5.75 Å². The number of hydrogen-bond acceptors (Lipinski definition) is 2. The van der Waals surface area contributed by atoms with Crippen LogP contribution in [0.5, 0.6) is 5.75 Å². The molecule has 2 nitrogen and oxygen atoms in total. The molecule has 1 saturated carbocycles. The van der Waals surface area contributed by atoms with E-state index in [2.05, 4.69) is 48.1 Å². The van der Waals surface area contributed by atoms with Gasteiger partial charge in [0.2, 0.25) is 0 Å². The van der Waals surface area contributed by atoms with Crippen LogP contribution >= 0.6 is 15.9 Å². The molecule has 1 aliphatic carbocycles. The Balaban J connectivity index is 1.86. The highest BCUT2D eigenvalue weighted by atomic mass is 79.9. The fraction of sp³-hybridized carbons (Fsp3) is 0.600. The fourth-order valence-electron chi connectivity index (χ4n) is 1.76. The number of nitrogens with one attached hydrogen (secondary N) is 1.